The fourth-order valence-corrected chi connectivity index (χ4v) is 0.589. The number of allylic oxidation sites excluding steroid dienone is 2. The number of carbonyl (C=O) groups is 1. The van der Waals surface area contributed by atoms with Gasteiger partial charge in [-0.3, -0.25) is 4.79 Å². The smallest absolute Gasteiger partial charge is 0.154 e. The van der Waals surface area contributed by atoms with E-state index in [1.165, 1.54) is 6.92 Å². The van der Waals surface area contributed by atoms with Crippen molar-refractivity contribution >= 4 is 5.78 Å². The Balaban J connectivity index is 3.70. The first-order valence-electron chi connectivity index (χ1n) is 3.20. The Bertz CT molecular complexity index is 159. The van der Waals surface area contributed by atoms with Gasteiger partial charge in [-0.05, 0) is 19.9 Å². The van der Waals surface area contributed by atoms with Crippen molar-refractivity contribution in [3.8, 4) is 0 Å². The highest BCUT2D eigenvalue weighted by Gasteiger charge is 1.87. The summed E-state index contributed by atoms with van der Waals surface area (Å²) in [7, 11) is 0. The highest BCUT2D eigenvalue weighted by Crippen LogP contribution is 1.85. The summed E-state index contributed by atoms with van der Waals surface area (Å²) in [6.07, 6.45) is 3.31. The Morgan fingerprint density at radius 3 is 2.60 bits per heavy atom. The molecule has 2 nitrogen and oxygen atoms in total. The molecule has 0 bridgehead atoms. The van der Waals surface area contributed by atoms with Crippen molar-refractivity contribution in [1.82, 2.24) is 5.32 Å². The van der Waals surface area contributed by atoms with E-state index in [1.807, 2.05) is 6.92 Å². The Hall–Kier alpha value is -1.05. The summed E-state index contributed by atoms with van der Waals surface area (Å²) in [5, 5.41) is 2.99. The molecule has 0 rings (SSSR count). The Kier molecular flexibility index (Phi) is 4.29. The lowest BCUT2D eigenvalue weighted by Gasteiger charge is -1.99. The third-order valence-electron chi connectivity index (χ3n) is 0.945. The molecule has 0 saturated carbocycles. The second kappa shape index (κ2) is 4.79. The lowest BCUT2D eigenvalue weighted by molar-refractivity contribution is -0.112. The molecule has 0 unspecified atom stereocenters. The van der Waals surface area contributed by atoms with Crippen LogP contribution in [0.2, 0.25) is 0 Å². The third-order valence-corrected chi connectivity index (χ3v) is 0.945. The van der Waals surface area contributed by atoms with Crippen molar-refractivity contribution in [2.75, 3.05) is 6.54 Å². The van der Waals surface area contributed by atoms with E-state index in [1.54, 1.807) is 12.2 Å². The van der Waals surface area contributed by atoms with Crippen LogP contribution in [0, 0.1) is 0 Å². The van der Waals surface area contributed by atoms with Gasteiger partial charge in [0.25, 0.3) is 0 Å². The first-order chi connectivity index (χ1) is 4.66. The molecule has 0 aliphatic heterocycles. The van der Waals surface area contributed by atoms with Crippen LogP contribution >= 0.6 is 0 Å². The average molecular weight is 139 g/mol. The lowest BCUT2D eigenvalue weighted by atomic mass is 10.3. The summed E-state index contributed by atoms with van der Waals surface area (Å²) in [6, 6.07) is 0. The minimum atomic E-state index is 0.0639. The van der Waals surface area contributed by atoms with Crippen LogP contribution in [0.15, 0.2) is 24.4 Å². The van der Waals surface area contributed by atoms with E-state index in [4.69, 9.17) is 0 Å². The Morgan fingerprint density at radius 2 is 2.20 bits per heavy atom. The summed E-state index contributed by atoms with van der Waals surface area (Å²) in [5.41, 5.74) is 0.882. The summed E-state index contributed by atoms with van der Waals surface area (Å²) in [6.45, 7) is 7.62. The topological polar surface area (TPSA) is 29.1 Å². The summed E-state index contributed by atoms with van der Waals surface area (Å²) in [5.74, 6) is 0.0639. The molecule has 0 saturated heterocycles. The molecule has 0 spiro atoms. The number of ketones is 1. The largest absolute Gasteiger partial charge is 0.385 e. The first kappa shape index (κ1) is 8.95. The molecule has 1 N–H and O–H groups in total. The Morgan fingerprint density at radius 1 is 1.60 bits per heavy atom. The monoisotopic (exact) mass is 139 g/mol. The van der Waals surface area contributed by atoms with Crippen LogP contribution < -0.4 is 5.32 Å². The van der Waals surface area contributed by atoms with Crippen molar-refractivity contribution in [1.29, 1.82) is 0 Å². The molecule has 0 aliphatic rings. The number of hydrogen-bond donors (Lipinski definition) is 1. The first-order valence-corrected chi connectivity index (χ1v) is 3.20. The van der Waals surface area contributed by atoms with E-state index in [9.17, 15) is 4.79 Å². The predicted molar refractivity (Wildman–Crippen MR) is 42.6 cm³/mol. The van der Waals surface area contributed by atoms with Gasteiger partial charge in [-0.1, -0.05) is 6.08 Å². The highest BCUT2D eigenvalue weighted by molar-refractivity contribution is 5.87. The number of hydrogen-bond acceptors (Lipinski definition) is 2. The van der Waals surface area contributed by atoms with E-state index in [2.05, 4.69) is 11.9 Å². The maximum absolute atomic E-state index is 10.5. The van der Waals surface area contributed by atoms with Gasteiger partial charge >= 0.3 is 0 Å². The van der Waals surface area contributed by atoms with Crippen molar-refractivity contribution in [3.05, 3.63) is 24.4 Å². The fourth-order valence-electron chi connectivity index (χ4n) is 0.589. The van der Waals surface area contributed by atoms with Crippen molar-refractivity contribution in [2.24, 2.45) is 0 Å². The average Bonchev–Trinajstić information content (AvgIpc) is 1.82. The van der Waals surface area contributed by atoms with Gasteiger partial charge < -0.3 is 5.32 Å². The van der Waals surface area contributed by atoms with Crippen LogP contribution in [0.1, 0.15) is 13.8 Å². The van der Waals surface area contributed by atoms with Gasteiger partial charge in [0.1, 0.15) is 0 Å². The van der Waals surface area contributed by atoms with E-state index in [-0.39, 0.29) is 5.78 Å². The van der Waals surface area contributed by atoms with Gasteiger partial charge in [-0.2, -0.15) is 0 Å². The molecule has 0 fully saturated rings. The summed E-state index contributed by atoms with van der Waals surface area (Å²) >= 11 is 0. The fraction of sp³-hybridized carbons (Fsp3) is 0.375. The van der Waals surface area contributed by atoms with E-state index in [0.717, 1.165) is 5.70 Å². The normalized spacial score (nSPS) is 10.8. The molecule has 56 valence electrons. The van der Waals surface area contributed by atoms with Gasteiger partial charge in [-0.15, -0.1) is 6.58 Å². The van der Waals surface area contributed by atoms with Crippen LogP contribution in [-0.4, -0.2) is 12.3 Å². The molecule has 0 amide bonds. The third kappa shape index (κ3) is 5.09. The van der Waals surface area contributed by atoms with Gasteiger partial charge in [0, 0.05) is 12.2 Å². The molecule has 2 heteroatoms. The minimum absolute atomic E-state index is 0.0639. The maximum atomic E-state index is 10.5. The zero-order valence-electron chi connectivity index (χ0n) is 6.48. The van der Waals surface area contributed by atoms with E-state index < -0.39 is 0 Å². The predicted octanol–water partition coefficient (Wildman–Crippen LogP) is 1.25. The molecule has 0 radical (unpaired) electrons. The summed E-state index contributed by atoms with van der Waals surface area (Å²) < 4.78 is 0. The molecule has 10 heavy (non-hydrogen) atoms. The second-order valence-electron chi connectivity index (χ2n) is 2.11. The molecule has 0 heterocycles. The van der Waals surface area contributed by atoms with Crippen LogP contribution in [0.25, 0.3) is 0 Å². The Labute approximate surface area is 61.6 Å². The molecular formula is C8H13NO. The standard InChI is InChI=1S/C8H13NO/c1-4-5-9-7(2)6-8(3)10/h4,6,9H,1,5H2,2-3H3. The minimum Gasteiger partial charge on any atom is -0.385 e. The summed E-state index contributed by atoms with van der Waals surface area (Å²) in [4.78, 5) is 10.5. The molecule has 0 aromatic rings. The highest BCUT2D eigenvalue weighted by atomic mass is 16.1. The van der Waals surface area contributed by atoms with Crippen LogP contribution in [-0.2, 0) is 4.79 Å². The van der Waals surface area contributed by atoms with Crippen LogP contribution in [0.3, 0.4) is 0 Å². The zero-order chi connectivity index (χ0) is 7.98. The van der Waals surface area contributed by atoms with Gasteiger partial charge in [0.05, 0.1) is 0 Å². The van der Waals surface area contributed by atoms with Gasteiger partial charge in [0.15, 0.2) is 5.78 Å². The van der Waals surface area contributed by atoms with E-state index >= 15 is 0 Å². The van der Waals surface area contributed by atoms with Crippen molar-refractivity contribution in [2.45, 2.75) is 13.8 Å². The maximum Gasteiger partial charge on any atom is 0.154 e. The van der Waals surface area contributed by atoms with Crippen LogP contribution in [0.4, 0.5) is 0 Å². The molecule has 0 aliphatic carbocycles. The molecule has 0 aromatic heterocycles. The quantitative estimate of drug-likeness (QED) is 0.469. The number of rotatable bonds is 4. The van der Waals surface area contributed by atoms with E-state index in [0.29, 0.717) is 6.54 Å². The van der Waals surface area contributed by atoms with Crippen LogP contribution in [0.5, 0.6) is 0 Å². The number of nitrogens with one attached hydrogen (secondary N) is 1. The molecule has 0 atom stereocenters. The van der Waals surface area contributed by atoms with Gasteiger partial charge in [-0.25, -0.2) is 0 Å². The lowest BCUT2D eigenvalue weighted by Crippen LogP contribution is -2.11. The van der Waals surface area contributed by atoms with Gasteiger partial charge in [0.2, 0.25) is 0 Å². The van der Waals surface area contributed by atoms with Crippen molar-refractivity contribution in [3.63, 3.8) is 0 Å². The molecular weight excluding hydrogens is 126 g/mol. The van der Waals surface area contributed by atoms with Crippen molar-refractivity contribution < 1.29 is 4.79 Å². The number of carbonyl (C=O) groups excluding carboxylic acids is 1. The second-order valence-corrected chi connectivity index (χ2v) is 2.11. The SMILES string of the molecule is C=CCNC(C)=CC(C)=O. The zero-order valence-corrected chi connectivity index (χ0v) is 6.48. The molecule has 0 aromatic carbocycles.